The first kappa shape index (κ1) is 15.7. The van der Waals surface area contributed by atoms with Crippen molar-refractivity contribution < 1.29 is 22.7 Å². The maximum Gasteiger partial charge on any atom is 0.410 e. The van der Waals surface area contributed by atoms with Gasteiger partial charge < -0.3 is 14.2 Å². The van der Waals surface area contributed by atoms with Crippen LogP contribution in [-0.2, 0) is 24.2 Å². The Hall–Kier alpha value is -1.66. The predicted molar refractivity (Wildman–Crippen MR) is 70.8 cm³/mol. The molecule has 118 valence electrons. The summed E-state index contributed by atoms with van der Waals surface area (Å²) in [5, 5.41) is 0. The number of rotatable bonds is 1. The molecule has 0 atom stereocenters. The number of hydrogen-bond donors (Lipinski definition) is 0. The summed E-state index contributed by atoms with van der Waals surface area (Å²) in [6, 6.07) is 1.64. The number of alkyl halides is 3. The van der Waals surface area contributed by atoms with Gasteiger partial charge in [0.25, 0.3) is 0 Å². The molecular formula is C14H19F3N2O2. The smallest absolute Gasteiger partial charge is 0.410 e. The largest absolute Gasteiger partial charge is 0.444 e. The van der Waals surface area contributed by atoms with E-state index in [-0.39, 0.29) is 6.54 Å². The maximum atomic E-state index is 12.5. The molecule has 1 aliphatic rings. The third-order valence-electron chi connectivity index (χ3n) is 3.15. The van der Waals surface area contributed by atoms with E-state index in [2.05, 4.69) is 0 Å². The fraction of sp³-hybridized carbons (Fsp3) is 0.643. The van der Waals surface area contributed by atoms with Crippen LogP contribution in [0.5, 0.6) is 0 Å². The average Bonchev–Trinajstić information content (AvgIpc) is 2.67. The van der Waals surface area contributed by atoms with Crippen molar-refractivity contribution in [3.63, 3.8) is 0 Å². The Morgan fingerprint density at radius 2 is 2.00 bits per heavy atom. The zero-order valence-corrected chi connectivity index (χ0v) is 12.3. The first-order valence-corrected chi connectivity index (χ1v) is 6.77. The van der Waals surface area contributed by atoms with Gasteiger partial charge in [0.05, 0.1) is 6.54 Å². The zero-order chi connectivity index (χ0) is 15.8. The summed E-state index contributed by atoms with van der Waals surface area (Å²) >= 11 is 0. The van der Waals surface area contributed by atoms with Crippen LogP contribution < -0.4 is 0 Å². The molecule has 1 aromatic rings. The van der Waals surface area contributed by atoms with Crippen molar-refractivity contribution in [3.05, 3.63) is 23.5 Å². The normalized spacial score (nSPS) is 15.8. The van der Waals surface area contributed by atoms with Gasteiger partial charge in [-0.25, -0.2) is 4.79 Å². The number of amides is 1. The standard InChI is InChI=1S/C14H19F3N2O2/c1-13(2,3)21-12(20)18-7-5-11-10(8-18)4-6-19(11)9-14(15,16)17/h4,6H,5,7-9H2,1-3H3. The number of carbonyl (C=O) groups excluding carboxylic acids is 1. The van der Waals surface area contributed by atoms with Crippen LogP contribution in [-0.4, -0.2) is 33.9 Å². The summed E-state index contributed by atoms with van der Waals surface area (Å²) in [7, 11) is 0. The second kappa shape index (κ2) is 5.27. The molecule has 0 saturated heterocycles. The molecule has 4 nitrogen and oxygen atoms in total. The van der Waals surface area contributed by atoms with Crippen LogP contribution in [0, 0.1) is 0 Å². The first-order chi connectivity index (χ1) is 9.55. The number of aromatic nitrogens is 1. The van der Waals surface area contributed by atoms with Gasteiger partial charge in [-0.3, -0.25) is 0 Å². The topological polar surface area (TPSA) is 34.5 Å². The van der Waals surface area contributed by atoms with E-state index in [0.29, 0.717) is 18.7 Å². The fourth-order valence-corrected chi connectivity index (χ4v) is 2.35. The quantitative estimate of drug-likeness (QED) is 0.797. The van der Waals surface area contributed by atoms with Crippen LogP contribution >= 0.6 is 0 Å². The van der Waals surface area contributed by atoms with Crippen molar-refractivity contribution >= 4 is 6.09 Å². The highest BCUT2D eigenvalue weighted by Gasteiger charge is 2.31. The molecule has 21 heavy (non-hydrogen) atoms. The van der Waals surface area contributed by atoms with Crippen molar-refractivity contribution in [1.82, 2.24) is 9.47 Å². The van der Waals surface area contributed by atoms with Crippen LogP contribution in [0.15, 0.2) is 12.3 Å². The van der Waals surface area contributed by atoms with E-state index in [1.54, 1.807) is 26.8 Å². The van der Waals surface area contributed by atoms with E-state index in [1.807, 2.05) is 0 Å². The highest BCUT2D eigenvalue weighted by Crippen LogP contribution is 2.25. The van der Waals surface area contributed by atoms with Crippen molar-refractivity contribution in [3.8, 4) is 0 Å². The molecule has 2 heterocycles. The highest BCUT2D eigenvalue weighted by molar-refractivity contribution is 5.68. The van der Waals surface area contributed by atoms with Gasteiger partial charge in [0.2, 0.25) is 0 Å². The molecule has 0 radical (unpaired) electrons. The monoisotopic (exact) mass is 304 g/mol. The lowest BCUT2D eigenvalue weighted by Crippen LogP contribution is -2.40. The lowest BCUT2D eigenvalue weighted by atomic mass is 10.1. The third-order valence-corrected chi connectivity index (χ3v) is 3.15. The number of nitrogens with zero attached hydrogens (tertiary/aromatic N) is 2. The molecule has 0 aromatic carbocycles. The minimum Gasteiger partial charge on any atom is -0.444 e. The molecule has 0 unspecified atom stereocenters. The Morgan fingerprint density at radius 1 is 1.33 bits per heavy atom. The Balaban J connectivity index is 2.07. The Kier molecular flexibility index (Phi) is 3.95. The number of fused-ring (bicyclic) bond motifs is 1. The van der Waals surface area contributed by atoms with E-state index in [1.165, 1.54) is 15.7 Å². The van der Waals surface area contributed by atoms with Crippen molar-refractivity contribution in [2.24, 2.45) is 0 Å². The van der Waals surface area contributed by atoms with E-state index in [9.17, 15) is 18.0 Å². The Bertz CT molecular complexity index is 529. The molecule has 0 spiro atoms. The summed E-state index contributed by atoms with van der Waals surface area (Å²) < 4.78 is 43.9. The number of halogens is 3. The Morgan fingerprint density at radius 3 is 2.57 bits per heavy atom. The van der Waals surface area contributed by atoms with Crippen LogP contribution in [0.1, 0.15) is 32.0 Å². The van der Waals surface area contributed by atoms with Crippen molar-refractivity contribution in [2.45, 2.75) is 52.1 Å². The number of ether oxygens (including phenoxy) is 1. The second-order valence-corrected chi connectivity index (χ2v) is 6.18. The van der Waals surface area contributed by atoms with E-state index < -0.39 is 24.4 Å². The molecule has 2 rings (SSSR count). The summed E-state index contributed by atoms with van der Waals surface area (Å²) in [5.74, 6) is 0. The molecule has 0 fully saturated rings. The van der Waals surface area contributed by atoms with Crippen LogP contribution in [0.3, 0.4) is 0 Å². The number of carbonyl (C=O) groups is 1. The minimum absolute atomic E-state index is 0.287. The molecule has 0 aliphatic carbocycles. The molecule has 0 bridgehead atoms. The summed E-state index contributed by atoms with van der Waals surface area (Å²) in [6.45, 7) is 4.99. The minimum atomic E-state index is -4.24. The van der Waals surface area contributed by atoms with Gasteiger partial charge in [0, 0.05) is 24.9 Å². The van der Waals surface area contributed by atoms with Gasteiger partial charge in [-0.1, -0.05) is 0 Å². The molecular weight excluding hydrogens is 285 g/mol. The molecule has 0 saturated carbocycles. The van der Waals surface area contributed by atoms with Gasteiger partial charge in [-0.2, -0.15) is 13.2 Å². The Labute approximate surface area is 121 Å². The van der Waals surface area contributed by atoms with Gasteiger partial charge in [-0.15, -0.1) is 0 Å². The van der Waals surface area contributed by atoms with E-state index in [4.69, 9.17) is 4.74 Å². The third kappa shape index (κ3) is 4.15. The molecule has 7 heteroatoms. The lowest BCUT2D eigenvalue weighted by Gasteiger charge is -2.30. The zero-order valence-electron chi connectivity index (χ0n) is 12.3. The van der Waals surface area contributed by atoms with Crippen LogP contribution in [0.25, 0.3) is 0 Å². The predicted octanol–water partition coefficient (Wildman–Crippen LogP) is 3.34. The van der Waals surface area contributed by atoms with Gasteiger partial charge in [0.1, 0.15) is 12.1 Å². The number of hydrogen-bond acceptors (Lipinski definition) is 2. The lowest BCUT2D eigenvalue weighted by molar-refractivity contribution is -0.141. The molecule has 0 N–H and O–H groups in total. The molecule has 1 aliphatic heterocycles. The fourth-order valence-electron chi connectivity index (χ4n) is 2.35. The highest BCUT2D eigenvalue weighted by atomic mass is 19.4. The summed E-state index contributed by atoms with van der Waals surface area (Å²) in [4.78, 5) is 13.5. The van der Waals surface area contributed by atoms with E-state index in [0.717, 1.165) is 5.56 Å². The summed E-state index contributed by atoms with van der Waals surface area (Å²) in [6.07, 6.45) is -2.85. The second-order valence-electron chi connectivity index (χ2n) is 6.18. The SMILES string of the molecule is CC(C)(C)OC(=O)N1CCc2c(ccn2CC(F)(F)F)C1. The molecule has 1 aromatic heterocycles. The van der Waals surface area contributed by atoms with Gasteiger partial charge in [-0.05, 0) is 32.4 Å². The first-order valence-electron chi connectivity index (χ1n) is 6.77. The van der Waals surface area contributed by atoms with Crippen LogP contribution in [0.4, 0.5) is 18.0 Å². The van der Waals surface area contributed by atoms with Gasteiger partial charge in [0.15, 0.2) is 0 Å². The summed E-state index contributed by atoms with van der Waals surface area (Å²) in [5.41, 5.74) is 0.808. The van der Waals surface area contributed by atoms with Crippen molar-refractivity contribution in [2.75, 3.05) is 6.54 Å². The maximum absolute atomic E-state index is 12.5. The van der Waals surface area contributed by atoms with Crippen LogP contribution in [0.2, 0.25) is 0 Å². The average molecular weight is 304 g/mol. The van der Waals surface area contributed by atoms with Crippen molar-refractivity contribution in [1.29, 1.82) is 0 Å². The van der Waals surface area contributed by atoms with Gasteiger partial charge >= 0.3 is 12.3 Å². The molecule has 1 amide bonds. The van der Waals surface area contributed by atoms with E-state index >= 15 is 0 Å².